The highest BCUT2D eigenvalue weighted by Gasteiger charge is 2.14. The molecule has 0 saturated carbocycles. The van der Waals surface area contributed by atoms with Crippen LogP contribution in [0.1, 0.15) is 35.9 Å². The lowest BCUT2D eigenvalue weighted by atomic mass is 10.0. The Bertz CT molecular complexity index is 1160. The molecule has 0 saturated heterocycles. The summed E-state index contributed by atoms with van der Waals surface area (Å²) in [6, 6.07) is 9.78. The van der Waals surface area contributed by atoms with Gasteiger partial charge in [-0.15, -0.1) is 0 Å². The lowest BCUT2D eigenvalue weighted by Crippen LogP contribution is -2.03. The predicted octanol–water partition coefficient (Wildman–Crippen LogP) is 3.47. The van der Waals surface area contributed by atoms with E-state index in [0.29, 0.717) is 23.6 Å². The van der Waals surface area contributed by atoms with E-state index < -0.39 is 0 Å². The molecule has 0 bridgehead atoms. The molecule has 0 unspecified atom stereocenters. The minimum atomic E-state index is 0.473. The third-order valence-corrected chi connectivity index (χ3v) is 4.53. The van der Waals surface area contributed by atoms with Crippen LogP contribution in [0.4, 0.5) is 11.6 Å². The van der Waals surface area contributed by atoms with Crippen LogP contribution in [-0.2, 0) is 13.0 Å². The fourth-order valence-corrected chi connectivity index (χ4v) is 3.15. The van der Waals surface area contributed by atoms with Crippen molar-refractivity contribution < 1.29 is 0 Å². The van der Waals surface area contributed by atoms with E-state index in [-0.39, 0.29) is 0 Å². The lowest BCUT2D eigenvalue weighted by molar-refractivity contribution is 0.598. The molecule has 140 valence electrons. The zero-order valence-corrected chi connectivity index (χ0v) is 15.8. The smallest absolute Gasteiger partial charge is 0.229 e. The third kappa shape index (κ3) is 3.42. The van der Waals surface area contributed by atoms with Gasteiger partial charge in [0.25, 0.3) is 0 Å². The molecule has 3 aromatic heterocycles. The van der Waals surface area contributed by atoms with Gasteiger partial charge in [0.2, 0.25) is 5.95 Å². The van der Waals surface area contributed by atoms with E-state index in [9.17, 15) is 5.26 Å². The Morgan fingerprint density at radius 1 is 1.25 bits per heavy atom. The van der Waals surface area contributed by atoms with Crippen LogP contribution in [0, 0.1) is 18.3 Å². The maximum atomic E-state index is 9.37. The van der Waals surface area contributed by atoms with Gasteiger partial charge in [0.05, 0.1) is 40.3 Å². The van der Waals surface area contributed by atoms with Crippen LogP contribution >= 0.6 is 0 Å². The van der Waals surface area contributed by atoms with Crippen molar-refractivity contribution in [3.8, 4) is 6.07 Å². The number of aromatic amines is 1. The van der Waals surface area contributed by atoms with Crippen molar-refractivity contribution in [1.29, 1.82) is 5.26 Å². The van der Waals surface area contributed by atoms with Gasteiger partial charge in [-0.25, -0.2) is 4.98 Å². The third-order valence-electron chi connectivity index (χ3n) is 4.53. The van der Waals surface area contributed by atoms with Crippen molar-refractivity contribution in [3.63, 3.8) is 0 Å². The molecule has 0 aliphatic carbocycles. The Morgan fingerprint density at radius 3 is 2.93 bits per heavy atom. The molecule has 0 fully saturated rings. The Morgan fingerprint density at radius 2 is 2.11 bits per heavy atom. The Balaban J connectivity index is 1.70. The topological polar surface area (TPSA) is 108 Å². The molecule has 28 heavy (non-hydrogen) atoms. The summed E-state index contributed by atoms with van der Waals surface area (Å²) in [7, 11) is 0. The summed E-state index contributed by atoms with van der Waals surface area (Å²) in [5.41, 5.74) is 4.78. The predicted molar refractivity (Wildman–Crippen MR) is 106 cm³/mol. The van der Waals surface area contributed by atoms with Gasteiger partial charge in [-0.05, 0) is 25.0 Å². The van der Waals surface area contributed by atoms with Gasteiger partial charge in [-0.3, -0.25) is 9.78 Å². The van der Waals surface area contributed by atoms with Gasteiger partial charge in [0.1, 0.15) is 0 Å². The minimum absolute atomic E-state index is 0.473. The molecule has 0 amide bonds. The first kappa shape index (κ1) is 17.7. The fraction of sp³-hybridized carbons (Fsp3) is 0.250. The van der Waals surface area contributed by atoms with E-state index in [1.54, 1.807) is 6.20 Å². The average molecular weight is 372 g/mol. The van der Waals surface area contributed by atoms with Crippen molar-refractivity contribution >= 4 is 22.7 Å². The summed E-state index contributed by atoms with van der Waals surface area (Å²) in [5, 5.41) is 25.0. The summed E-state index contributed by atoms with van der Waals surface area (Å²) in [4.78, 5) is 9.24. The van der Waals surface area contributed by atoms with Gasteiger partial charge in [-0.1, -0.05) is 25.1 Å². The molecule has 8 heteroatoms. The Labute approximate surface area is 162 Å². The van der Waals surface area contributed by atoms with Crippen LogP contribution in [0.5, 0.6) is 0 Å². The normalized spacial score (nSPS) is 10.9. The zero-order valence-electron chi connectivity index (χ0n) is 15.8. The molecule has 2 N–H and O–H groups in total. The number of H-pyrrole nitrogens is 1. The van der Waals surface area contributed by atoms with Crippen LogP contribution in [0.3, 0.4) is 0 Å². The van der Waals surface area contributed by atoms with Crippen LogP contribution in [-0.4, -0.2) is 29.9 Å². The number of anilines is 2. The molecule has 3 heterocycles. The molecular formula is C20H20N8. The zero-order chi connectivity index (χ0) is 19.5. The fourth-order valence-electron chi connectivity index (χ4n) is 3.15. The second kappa shape index (κ2) is 7.48. The molecule has 0 radical (unpaired) electrons. The maximum absolute atomic E-state index is 9.37. The van der Waals surface area contributed by atoms with Crippen LogP contribution in [0.2, 0.25) is 0 Å². The molecule has 4 aromatic rings. The van der Waals surface area contributed by atoms with Gasteiger partial charge >= 0.3 is 0 Å². The number of nitrogens with zero attached hydrogens (tertiary/aromatic N) is 6. The number of aryl methyl sites for hydroxylation is 2. The molecule has 1 aromatic carbocycles. The monoisotopic (exact) mass is 372 g/mol. The summed E-state index contributed by atoms with van der Waals surface area (Å²) in [6.07, 6.45) is 5.21. The second-order valence-electron chi connectivity index (χ2n) is 6.59. The van der Waals surface area contributed by atoms with Crippen molar-refractivity contribution in [2.75, 3.05) is 5.32 Å². The largest absolute Gasteiger partial charge is 0.321 e. The average Bonchev–Trinajstić information content (AvgIpc) is 3.29. The first-order valence-corrected chi connectivity index (χ1v) is 9.17. The van der Waals surface area contributed by atoms with Crippen molar-refractivity contribution in [2.24, 2.45) is 0 Å². The van der Waals surface area contributed by atoms with Gasteiger partial charge in [0, 0.05) is 19.2 Å². The number of fused-ring (bicyclic) bond motifs is 1. The molecule has 4 rings (SSSR count). The van der Waals surface area contributed by atoms with E-state index in [1.165, 1.54) is 0 Å². The van der Waals surface area contributed by atoms with Crippen molar-refractivity contribution in [2.45, 2.75) is 33.2 Å². The van der Waals surface area contributed by atoms with Crippen LogP contribution in [0.15, 0.2) is 36.7 Å². The molecular weight excluding hydrogens is 352 g/mol. The maximum Gasteiger partial charge on any atom is 0.229 e. The number of hydrogen-bond acceptors (Lipinski definition) is 6. The van der Waals surface area contributed by atoms with E-state index in [4.69, 9.17) is 4.98 Å². The van der Waals surface area contributed by atoms with E-state index in [2.05, 4.69) is 38.6 Å². The van der Waals surface area contributed by atoms with Crippen LogP contribution in [0.25, 0.3) is 11.0 Å². The summed E-state index contributed by atoms with van der Waals surface area (Å²) >= 11 is 0. The standard InChI is InChI=1S/C20H20N8/c1-3-8-28-12-18(13(2)27-28)24-20-23-17(16-11-22-26-19(16)25-20)9-14-6-4-5-7-15(14)10-21/h4-7,11-12H,3,8-9H2,1-2H3,(H2,22,23,24,25,26). The number of aromatic nitrogens is 6. The van der Waals surface area contributed by atoms with Crippen LogP contribution < -0.4 is 5.32 Å². The Kier molecular flexibility index (Phi) is 4.72. The molecule has 0 atom stereocenters. The number of nitriles is 1. The quantitative estimate of drug-likeness (QED) is 0.536. The van der Waals surface area contributed by atoms with Gasteiger partial charge in [0.15, 0.2) is 5.65 Å². The van der Waals surface area contributed by atoms with Crippen molar-refractivity contribution in [1.82, 2.24) is 29.9 Å². The highest BCUT2D eigenvalue weighted by Crippen LogP contribution is 2.23. The number of rotatable bonds is 6. The molecule has 0 aliphatic rings. The first-order valence-electron chi connectivity index (χ1n) is 9.17. The van der Waals surface area contributed by atoms with Crippen molar-refractivity contribution in [3.05, 3.63) is 59.2 Å². The lowest BCUT2D eigenvalue weighted by Gasteiger charge is -2.08. The molecule has 8 nitrogen and oxygen atoms in total. The second-order valence-corrected chi connectivity index (χ2v) is 6.59. The van der Waals surface area contributed by atoms with E-state index >= 15 is 0 Å². The SMILES string of the molecule is CCCn1cc(Nc2nc(Cc3ccccc3C#N)c3cn[nH]c3n2)c(C)n1. The van der Waals surface area contributed by atoms with E-state index in [1.807, 2.05) is 42.1 Å². The summed E-state index contributed by atoms with van der Waals surface area (Å²) in [5.74, 6) is 0.473. The molecule has 0 aliphatic heterocycles. The number of hydrogen-bond donors (Lipinski definition) is 2. The minimum Gasteiger partial charge on any atom is -0.321 e. The van der Waals surface area contributed by atoms with Gasteiger partial charge in [-0.2, -0.15) is 20.4 Å². The van der Waals surface area contributed by atoms with E-state index in [0.717, 1.165) is 41.0 Å². The van der Waals surface area contributed by atoms with Gasteiger partial charge < -0.3 is 5.32 Å². The summed E-state index contributed by atoms with van der Waals surface area (Å²) in [6.45, 7) is 4.93. The number of nitrogens with one attached hydrogen (secondary N) is 2. The number of benzene rings is 1. The summed E-state index contributed by atoms with van der Waals surface area (Å²) < 4.78 is 1.91. The molecule has 0 spiro atoms. The highest BCUT2D eigenvalue weighted by molar-refractivity contribution is 5.78. The first-order chi connectivity index (χ1) is 13.7. The Hall–Kier alpha value is -3.73. The highest BCUT2D eigenvalue weighted by atomic mass is 15.3.